The molecule has 2 amide bonds. The van der Waals surface area contributed by atoms with Crippen LogP contribution in [0.25, 0.3) is 5.69 Å². The molecule has 0 saturated heterocycles. The Morgan fingerprint density at radius 1 is 1.07 bits per heavy atom. The fourth-order valence-electron chi connectivity index (χ4n) is 3.05. The van der Waals surface area contributed by atoms with Crippen LogP contribution in [0.2, 0.25) is 0 Å². The fourth-order valence-corrected chi connectivity index (χ4v) is 3.05. The number of hydrogen-bond donors (Lipinski definition) is 2. The van der Waals surface area contributed by atoms with Gasteiger partial charge in [-0.1, -0.05) is 29.8 Å². The van der Waals surface area contributed by atoms with Crippen LogP contribution < -0.4 is 15.4 Å². The molecule has 2 atom stereocenters. The molecule has 0 saturated carbocycles. The molecular formula is C21H25N5O2. The first-order valence-corrected chi connectivity index (χ1v) is 9.14. The second-order valence-electron chi connectivity index (χ2n) is 6.74. The van der Waals surface area contributed by atoms with Crippen LogP contribution in [0.3, 0.4) is 0 Å². The summed E-state index contributed by atoms with van der Waals surface area (Å²) in [5.41, 5.74) is 3.98. The second-order valence-corrected chi connectivity index (χ2v) is 6.74. The highest BCUT2D eigenvalue weighted by atomic mass is 16.5. The van der Waals surface area contributed by atoms with E-state index in [0.717, 1.165) is 28.1 Å². The topological polar surface area (TPSA) is 81.1 Å². The number of carbonyl (C=O) groups excluding carboxylic acids is 1. The van der Waals surface area contributed by atoms with E-state index < -0.39 is 0 Å². The zero-order chi connectivity index (χ0) is 20.1. The number of carbonyl (C=O) groups is 1. The third-order valence-electron chi connectivity index (χ3n) is 4.62. The molecule has 0 radical (unpaired) electrons. The van der Waals surface area contributed by atoms with Crippen molar-refractivity contribution < 1.29 is 9.53 Å². The van der Waals surface area contributed by atoms with Gasteiger partial charge in [-0.05, 0) is 44.5 Å². The van der Waals surface area contributed by atoms with Gasteiger partial charge >= 0.3 is 6.03 Å². The number of ether oxygens (including phenoxy) is 1. The van der Waals surface area contributed by atoms with Crippen LogP contribution >= 0.6 is 0 Å². The lowest BCUT2D eigenvalue weighted by atomic mass is 10.0. The van der Waals surface area contributed by atoms with Crippen molar-refractivity contribution in [3.63, 3.8) is 0 Å². The van der Waals surface area contributed by atoms with Crippen molar-refractivity contribution in [3.8, 4) is 11.4 Å². The Labute approximate surface area is 164 Å². The van der Waals surface area contributed by atoms with E-state index in [1.165, 1.54) is 6.33 Å². The SMILES string of the molecule is COc1ccc(C)cc1C(C)NC(=O)NC(C)c1ccc(-n2cncn2)cc1. The van der Waals surface area contributed by atoms with Gasteiger partial charge in [-0.3, -0.25) is 0 Å². The molecular weight excluding hydrogens is 354 g/mol. The molecule has 146 valence electrons. The van der Waals surface area contributed by atoms with Crippen LogP contribution in [0.15, 0.2) is 55.1 Å². The number of hydrogen-bond acceptors (Lipinski definition) is 4. The van der Waals surface area contributed by atoms with Gasteiger partial charge in [-0.2, -0.15) is 5.10 Å². The highest BCUT2D eigenvalue weighted by Gasteiger charge is 2.16. The van der Waals surface area contributed by atoms with Crippen molar-refractivity contribution in [2.75, 3.05) is 7.11 Å². The monoisotopic (exact) mass is 379 g/mol. The molecule has 0 aliphatic carbocycles. The average molecular weight is 379 g/mol. The van der Waals surface area contributed by atoms with Crippen molar-refractivity contribution in [2.24, 2.45) is 0 Å². The molecule has 2 unspecified atom stereocenters. The third kappa shape index (κ3) is 4.49. The zero-order valence-corrected chi connectivity index (χ0v) is 16.5. The molecule has 7 nitrogen and oxygen atoms in total. The van der Waals surface area contributed by atoms with Gasteiger partial charge in [0.1, 0.15) is 18.4 Å². The molecule has 2 N–H and O–H groups in total. The molecule has 0 aliphatic heterocycles. The van der Waals surface area contributed by atoms with Gasteiger partial charge in [0.15, 0.2) is 0 Å². The summed E-state index contributed by atoms with van der Waals surface area (Å²) in [5.74, 6) is 0.759. The summed E-state index contributed by atoms with van der Waals surface area (Å²) in [6.07, 6.45) is 3.14. The Morgan fingerprint density at radius 2 is 1.79 bits per heavy atom. The number of nitrogens with one attached hydrogen (secondary N) is 2. The van der Waals surface area contributed by atoms with E-state index in [-0.39, 0.29) is 18.1 Å². The first-order valence-electron chi connectivity index (χ1n) is 9.14. The van der Waals surface area contributed by atoms with E-state index in [1.54, 1.807) is 18.1 Å². The second kappa shape index (κ2) is 8.56. The number of methoxy groups -OCH3 is 1. The predicted molar refractivity (Wildman–Crippen MR) is 108 cm³/mol. The van der Waals surface area contributed by atoms with Crippen LogP contribution in [0.4, 0.5) is 4.79 Å². The summed E-state index contributed by atoms with van der Waals surface area (Å²) in [5, 5.41) is 10.1. The third-order valence-corrected chi connectivity index (χ3v) is 4.62. The maximum absolute atomic E-state index is 12.5. The Morgan fingerprint density at radius 3 is 2.43 bits per heavy atom. The Bertz CT molecular complexity index is 922. The van der Waals surface area contributed by atoms with Crippen molar-refractivity contribution in [1.29, 1.82) is 0 Å². The Balaban J connectivity index is 1.62. The van der Waals surface area contributed by atoms with Crippen LogP contribution in [0, 0.1) is 6.92 Å². The van der Waals surface area contributed by atoms with E-state index in [1.807, 2.05) is 63.2 Å². The number of benzene rings is 2. The minimum absolute atomic E-state index is 0.142. The maximum atomic E-state index is 12.5. The summed E-state index contributed by atoms with van der Waals surface area (Å²) in [6.45, 7) is 5.90. The lowest BCUT2D eigenvalue weighted by Crippen LogP contribution is -2.38. The lowest BCUT2D eigenvalue weighted by Gasteiger charge is -2.20. The van der Waals surface area contributed by atoms with E-state index in [2.05, 4.69) is 20.7 Å². The first kappa shape index (κ1) is 19.4. The van der Waals surface area contributed by atoms with Crippen molar-refractivity contribution in [1.82, 2.24) is 25.4 Å². The fraction of sp³-hybridized carbons (Fsp3) is 0.286. The zero-order valence-electron chi connectivity index (χ0n) is 16.5. The van der Waals surface area contributed by atoms with Crippen LogP contribution in [0.1, 0.15) is 42.6 Å². The van der Waals surface area contributed by atoms with Gasteiger partial charge in [0.05, 0.1) is 24.9 Å². The quantitative estimate of drug-likeness (QED) is 0.684. The molecule has 0 fully saturated rings. The van der Waals surface area contributed by atoms with Crippen molar-refractivity contribution in [3.05, 3.63) is 71.8 Å². The molecule has 1 heterocycles. The summed E-state index contributed by atoms with van der Waals surface area (Å²) in [7, 11) is 1.63. The molecule has 7 heteroatoms. The number of aromatic nitrogens is 3. The number of rotatable bonds is 6. The summed E-state index contributed by atoms with van der Waals surface area (Å²) < 4.78 is 7.10. The molecule has 2 aromatic carbocycles. The average Bonchev–Trinajstić information content (AvgIpc) is 3.22. The summed E-state index contributed by atoms with van der Waals surface area (Å²) in [6, 6.07) is 13.2. The first-order chi connectivity index (χ1) is 13.5. The number of amides is 2. The molecule has 28 heavy (non-hydrogen) atoms. The highest BCUT2D eigenvalue weighted by molar-refractivity contribution is 5.75. The normalized spacial score (nSPS) is 12.9. The van der Waals surface area contributed by atoms with Gasteiger partial charge in [0, 0.05) is 5.56 Å². The van der Waals surface area contributed by atoms with Gasteiger partial charge < -0.3 is 15.4 Å². The molecule has 3 aromatic rings. The minimum atomic E-state index is -0.232. The standard InChI is InChI=1S/C21H25N5O2/c1-14-5-10-20(28-4)19(11-14)16(3)25-21(27)24-15(2)17-6-8-18(9-7-17)26-13-22-12-23-26/h5-13,15-16H,1-4H3,(H2,24,25,27). The molecule has 0 spiro atoms. The Hall–Kier alpha value is -3.35. The number of nitrogens with zero attached hydrogens (tertiary/aromatic N) is 3. The van der Waals surface area contributed by atoms with Crippen molar-refractivity contribution >= 4 is 6.03 Å². The predicted octanol–water partition coefficient (Wildman–Crippen LogP) is 3.71. The van der Waals surface area contributed by atoms with Gasteiger partial charge in [-0.25, -0.2) is 14.5 Å². The van der Waals surface area contributed by atoms with Crippen LogP contribution in [0.5, 0.6) is 5.75 Å². The number of urea groups is 1. The van der Waals surface area contributed by atoms with Gasteiger partial charge in [0.2, 0.25) is 0 Å². The molecule has 1 aromatic heterocycles. The van der Waals surface area contributed by atoms with E-state index >= 15 is 0 Å². The van der Waals surface area contributed by atoms with Crippen molar-refractivity contribution in [2.45, 2.75) is 32.9 Å². The Kier molecular flexibility index (Phi) is 5.93. The largest absolute Gasteiger partial charge is 0.496 e. The van der Waals surface area contributed by atoms with Gasteiger partial charge in [-0.15, -0.1) is 0 Å². The minimum Gasteiger partial charge on any atom is -0.496 e. The van der Waals surface area contributed by atoms with Crippen LogP contribution in [-0.2, 0) is 0 Å². The van der Waals surface area contributed by atoms with Gasteiger partial charge in [0.25, 0.3) is 0 Å². The summed E-state index contributed by atoms with van der Waals surface area (Å²) >= 11 is 0. The smallest absolute Gasteiger partial charge is 0.315 e. The van der Waals surface area contributed by atoms with E-state index in [4.69, 9.17) is 4.74 Å². The molecule has 3 rings (SSSR count). The maximum Gasteiger partial charge on any atom is 0.315 e. The molecule has 0 aliphatic rings. The summed E-state index contributed by atoms with van der Waals surface area (Å²) in [4.78, 5) is 16.4. The highest BCUT2D eigenvalue weighted by Crippen LogP contribution is 2.26. The van der Waals surface area contributed by atoms with E-state index in [9.17, 15) is 4.79 Å². The number of aryl methyl sites for hydroxylation is 1. The van der Waals surface area contributed by atoms with E-state index in [0.29, 0.717) is 0 Å². The van der Waals surface area contributed by atoms with Crippen LogP contribution in [-0.4, -0.2) is 27.9 Å². The molecule has 0 bridgehead atoms. The lowest BCUT2D eigenvalue weighted by molar-refractivity contribution is 0.234.